The Morgan fingerprint density at radius 2 is 1.97 bits per heavy atom. The highest BCUT2D eigenvalue weighted by Crippen LogP contribution is 2.14. The van der Waals surface area contributed by atoms with Gasteiger partial charge < -0.3 is 15.2 Å². The van der Waals surface area contributed by atoms with Crippen molar-refractivity contribution in [2.24, 2.45) is 0 Å². The number of rotatable bonds is 7. The number of nitrogens with zero attached hydrogens (tertiary/aromatic N) is 3. The van der Waals surface area contributed by atoms with Gasteiger partial charge in [0, 0.05) is 54.5 Å². The van der Waals surface area contributed by atoms with Crippen LogP contribution in [0.5, 0.6) is 0 Å². The molecule has 3 aromatic rings. The van der Waals surface area contributed by atoms with Crippen molar-refractivity contribution < 1.29 is 4.79 Å². The van der Waals surface area contributed by atoms with Gasteiger partial charge in [-0.1, -0.05) is 18.2 Å². The van der Waals surface area contributed by atoms with Crippen molar-refractivity contribution in [1.29, 1.82) is 0 Å². The van der Waals surface area contributed by atoms with Gasteiger partial charge in [-0.3, -0.25) is 14.6 Å². The van der Waals surface area contributed by atoms with E-state index in [2.05, 4.69) is 25.2 Å². The molecule has 29 heavy (non-hydrogen) atoms. The van der Waals surface area contributed by atoms with E-state index in [0.29, 0.717) is 23.6 Å². The summed E-state index contributed by atoms with van der Waals surface area (Å²) >= 11 is 0. The Hall–Kier alpha value is -3.48. The maximum atomic E-state index is 12.5. The van der Waals surface area contributed by atoms with Crippen molar-refractivity contribution in [3.05, 3.63) is 76.5 Å². The number of carbonyl (C=O) groups is 1. The van der Waals surface area contributed by atoms with Crippen LogP contribution in [0.4, 0.5) is 5.69 Å². The molecule has 7 nitrogen and oxygen atoms in total. The van der Waals surface area contributed by atoms with Crippen molar-refractivity contribution in [2.75, 3.05) is 18.5 Å². The fraction of sp³-hybridized carbons (Fsp3) is 0.273. The van der Waals surface area contributed by atoms with Crippen LogP contribution in [0, 0.1) is 6.92 Å². The Morgan fingerprint density at radius 1 is 1.21 bits per heavy atom. The number of hydrogen-bond acceptors (Lipinski definition) is 5. The number of likely N-dealkylation sites (N-methyl/N-ethyl adjacent to an activating group) is 1. The topological polar surface area (TPSA) is 91.0 Å². The minimum Gasteiger partial charge on any atom is -0.370 e. The molecule has 0 aliphatic heterocycles. The average Bonchev–Trinajstić information content (AvgIpc) is 2.75. The SMILES string of the molecule is Cc1nc(-c2cccnc2)[nH]c(=O)c1CC(=O)NCC(C)N(C)c1ccccc1. The summed E-state index contributed by atoms with van der Waals surface area (Å²) in [6.45, 7) is 4.25. The Bertz CT molecular complexity index is 1020. The first-order valence-corrected chi connectivity index (χ1v) is 9.50. The molecule has 0 radical (unpaired) electrons. The number of aromatic nitrogens is 3. The third kappa shape index (κ3) is 5.07. The highest BCUT2D eigenvalue weighted by molar-refractivity contribution is 5.78. The number of anilines is 1. The number of hydrogen-bond donors (Lipinski definition) is 2. The first-order chi connectivity index (χ1) is 14.0. The lowest BCUT2D eigenvalue weighted by Crippen LogP contribution is -2.41. The first-order valence-electron chi connectivity index (χ1n) is 9.50. The molecule has 2 aromatic heterocycles. The van der Waals surface area contributed by atoms with E-state index in [1.54, 1.807) is 25.4 Å². The number of benzene rings is 1. The Labute approximate surface area is 169 Å². The lowest BCUT2D eigenvalue weighted by Gasteiger charge is -2.27. The molecule has 7 heteroatoms. The second-order valence-corrected chi connectivity index (χ2v) is 7.00. The summed E-state index contributed by atoms with van der Waals surface area (Å²) < 4.78 is 0. The molecular formula is C22H25N5O2. The average molecular weight is 391 g/mol. The second-order valence-electron chi connectivity index (χ2n) is 7.00. The Kier molecular flexibility index (Phi) is 6.39. The van der Waals surface area contributed by atoms with Crippen LogP contribution in [0.15, 0.2) is 59.7 Å². The van der Waals surface area contributed by atoms with Crippen LogP contribution in [0.2, 0.25) is 0 Å². The van der Waals surface area contributed by atoms with E-state index in [0.717, 1.165) is 11.3 Å². The lowest BCUT2D eigenvalue weighted by atomic mass is 10.1. The minimum atomic E-state index is -0.305. The third-order valence-electron chi connectivity index (χ3n) is 4.91. The van der Waals surface area contributed by atoms with E-state index in [1.807, 2.05) is 50.4 Å². The Morgan fingerprint density at radius 3 is 2.62 bits per heavy atom. The van der Waals surface area contributed by atoms with E-state index in [-0.39, 0.29) is 23.9 Å². The monoisotopic (exact) mass is 391 g/mol. The highest BCUT2D eigenvalue weighted by atomic mass is 16.2. The molecule has 1 amide bonds. The van der Waals surface area contributed by atoms with Crippen LogP contribution >= 0.6 is 0 Å². The fourth-order valence-corrected chi connectivity index (χ4v) is 3.00. The standard InChI is InChI=1S/C22H25N5O2/c1-15(27(3)18-9-5-4-6-10-18)13-24-20(28)12-19-16(2)25-21(26-22(19)29)17-8-7-11-23-14-17/h4-11,14-15H,12-13H2,1-3H3,(H,24,28)(H,25,26,29). The van der Waals surface area contributed by atoms with E-state index in [9.17, 15) is 9.59 Å². The fourth-order valence-electron chi connectivity index (χ4n) is 3.00. The molecule has 2 N–H and O–H groups in total. The van der Waals surface area contributed by atoms with Gasteiger partial charge in [-0.25, -0.2) is 4.98 Å². The van der Waals surface area contributed by atoms with Crippen LogP contribution in [-0.4, -0.2) is 40.5 Å². The van der Waals surface area contributed by atoms with E-state index in [1.165, 1.54) is 0 Å². The van der Waals surface area contributed by atoms with Crippen LogP contribution < -0.4 is 15.8 Å². The lowest BCUT2D eigenvalue weighted by molar-refractivity contribution is -0.120. The maximum absolute atomic E-state index is 12.5. The molecular weight excluding hydrogens is 366 g/mol. The summed E-state index contributed by atoms with van der Waals surface area (Å²) in [6.07, 6.45) is 3.28. The van der Waals surface area contributed by atoms with Crippen LogP contribution in [0.3, 0.4) is 0 Å². The smallest absolute Gasteiger partial charge is 0.255 e. The predicted octanol–water partition coefficient (Wildman–Crippen LogP) is 2.32. The summed E-state index contributed by atoms with van der Waals surface area (Å²) in [7, 11) is 1.99. The zero-order chi connectivity index (χ0) is 20.8. The summed E-state index contributed by atoms with van der Waals surface area (Å²) in [4.78, 5) is 38.2. The first kappa shape index (κ1) is 20.3. The summed E-state index contributed by atoms with van der Waals surface area (Å²) in [5, 5.41) is 2.91. The number of aromatic amines is 1. The molecule has 150 valence electrons. The molecule has 1 atom stereocenters. The molecule has 0 aliphatic carbocycles. The quantitative estimate of drug-likeness (QED) is 0.645. The van der Waals surface area contributed by atoms with Crippen molar-refractivity contribution in [1.82, 2.24) is 20.3 Å². The predicted molar refractivity (Wildman–Crippen MR) is 114 cm³/mol. The minimum absolute atomic E-state index is 0.0107. The van der Waals surface area contributed by atoms with E-state index >= 15 is 0 Å². The number of carbonyl (C=O) groups excluding carboxylic acids is 1. The van der Waals surface area contributed by atoms with Crippen molar-refractivity contribution in [3.63, 3.8) is 0 Å². The van der Waals surface area contributed by atoms with Gasteiger partial charge in [0.05, 0.1) is 6.42 Å². The number of aryl methyl sites for hydroxylation is 1. The van der Waals surface area contributed by atoms with Gasteiger partial charge in [0.15, 0.2) is 0 Å². The number of H-pyrrole nitrogens is 1. The largest absolute Gasteiger partial charge is 0.370 e. The molecule has 0 fully saturated rings. The van der Waals surface area contributed by atoms with Crippen molar-refractivity contribution >= 4 is 11.6 Å². The highest BCUT2D eigenvalue weighted by Gasteiger charge is 2.15. The molecule has 1 aromatic carbocycles. The number of amides is 1. The molecule has 1 unspecified atom stereocenters. The molecule has 0 aliphatic rings. The summed E-state index contributed by atoms with van der Waals surface area (Å²) in [5.41, 5.74) is 2.41. The van der Waals surface area contributed by atoms with Crippen LogP contribution in [-0.2, 0) is 11.2 Å². The molecule has 3 rings (SSSR count). The third-order valence-corrected chi connectivity index (χ3v) is 4.91. The van der Waals surface area contributed by atoms with Crippen LogP contribution in [0.25, 0.3) is 11.4 Å². The molecule has 0 spiro atoms. The van der Waals surface area contributed by atoms with Gasteiger partial charge in [0.25, 0.3) is 5.56 Å². The second kappa shape index (κ2) is 9.14. The zero-order valence-corrected chi connectivity index (χ0v) is 16.8. The van der Waals surface area contributed by atoms with Gasteiger partial charge in [-0.05, 0) is 38.1 Å². The van der Waals surface area contributed by atoms with Crippen molar-refractivity contribution in [3.8, 4) is 11.4 Å². The van der Waals surface area contributed by atoms with Gasteiger partial charge in [0.1, 0.15) is 5.82 Å². The van der Waals surface area contributed by atoms with Gasteiger partial charge in [-0.15, -0.1) is 0 Å². The maximum Gasteiger partial charge on any atom is 0.255 e. The zero-order valence-electron chi connectivity index (χ0n) is 16.8. The van der Waals surface area contributed by atoms with E-state index in [4.69, 9.17) is 0 Å². The number of para-hydroxylation sites is 1. The van der Waals surface area contributed by atoms with Crippen LogP contribution in [0.1, 0.15) is 18.2 Å². The molecule has 0 saturated carbocycles. The van der Waals surface area contributed by atoms with Gasteiger partial charge >= 0.3 is 0 Å². The van der Waals surface area contributed by atoms with Crippen molar-refractivity contribution in [2.45, 2.75) is 26.3 Å². The summed E-state index contributed by atoms with van der Waals surface area (Å²) in [6, 6.07) is 13.7. The van der Waals surface area contributed by atoms with E-state index < -0.39 is 0 Å². The molecule has 2 heterocycles. The Balaban J connectivity index is 1.63. The number of pyridine rings is 1. The molecule has 0 bridgehead atoms. The van der Waals surface area contributed by atoms with Gasteiger partial charge in [-0.2, -0.15) is 0 Å². The summed E-state index contributed by atoms with van der Waals surface area (Å²) in [5.74, 6) is 0.241. The molecule has 0 saturated heterocycles. The van der Waals surface area contributed by atoms with Gasteiger partial charge in [0.2, 0.25) is 5.91 Å². The number of nitrogens with one attached hydrogen (secondary N) is 2. The normalized spacial score (nSPS) is 11.7.